The van der Waals surface area contributed by atoms with E-state index in [-0.39, 0.29) is 12.5 Å². The van der Waals surface area contributed by atoms with Crippen LogP contribution in [0.15, 0.2) is 23.6 Å². The number of benzene rings is 1. The van der Waals surface area contributed by atoms with Crippen molar-refractivity contribution >= 4 is 29.5 Å². The minimum atomic E-state index is -0.878. The number of carbonyl (C=O) groups is 1. The Morgan fingerprint density at radius 2 is 2.13 bits per heavy atom. The monoisotopic (exact) mass is 333 g/mol. The van der Waals surface area contributed by atoms with E-state index in [2.05, 4.69) is 4.98 Å². The van der Waals surface area contributed by atoms with E-state index in [1.165, 1.54) is 11.3 Å². The quantitative estimate of drug-likeness (QED) is 0.836. The van der Waals surface area contributed by atoms with Crippen LogP contribution < -0.4 is 9.47 Å². The minimum Gasteiger partial charge on any atom is -0.493 e. The summed E-state index contributed by atoms with van der Waals surface area (Å²) in [5, 5.41) is 11.3. The molecule has 0 aliphatic carbocycles. The van der Waals surface area contributed by atoms with Crippen LogP contribution in [-0.2, 0) is 11.2 Å². The predicted octanol–water partition coefficient (Wildman–Crippen LogP) is 3.74. The molecule has 0 fully saturated rings. The third-order valence-corrected chi connectivity index (χ3v) is 3.73. The first-order chi connectivity index (χ1) is 11.0. The Hall–Kier alpha value is -2.34. The van der Waals surface area contributed by atoms with E-state index >= 15 is 0 Å². The Morgan fingerprint density at radius 1 is 1.35 bits per heavy atom. The first kappa shape index (κ1) is 17.0. The van der Waals surface area contributed by atoms with E-state index in [1.807, 2.05) is 44.2 Å². The van der Waals surface area contributed by atoms with Gasteiger partial charge in [-0.2, -0.15) is 0 Å². The number of methoxy groups -OCH3 is 1. The van der Waals surface area contributed by atoms with Gasteiger partial charge in [0.05, 0.1) is 25.3 Å². The molecule has 5 nitrogen and oxygen atoms in total. The zero-order valence-corrected chi connectivity index (χ0v) is 14.1. The summed E-state index contributed by atoms with van der Waals surface area (Å²) in [4.78, 5) is 14.9. The molecule has 0 saturated carbocycles. The molecule has 2 rings (SSSR count). The summed E-state index contributed by atoms with van der Waals surface area (Å²) in [5.74, 6) is 0.500. The molecule has 1 N–H and O–H groups in total. The molecule has 1 aromatic heterocycles. The van der Waals surface area contributed by atoms with E-state index in [4.69, 9.17) is 14.6 Å². The normalized spacial score (nSPS) is 11.1. The van der Waals surface area contributed by atoms with Gasteiger partial charge in [0, 0.05) is 5.38 Å². The van der Waals surface area contributed by atoms with E-state index < -0.39 is 5.97 Å². The zero-order valence-electron chi connectivity index (χ0n) is 13.3. The smallest absolute Gasteiger partial charge is 0.309 e. The number of hydrogen-bond donors (Lipinski definition) is 1. The lowest BCUT2D eigenvalue weighted by Crippen LogP contribution is -2.06. The Morgan fingerprint density at radius 3 is 2.78 bits per heavy atom. The van der Waals surface area contributed by atoms with Crippen molar-refractivity contribution in [1.82, 2.24) is 4.98 Å². The Balaban J connectivity index is 2.13. The number of aliphatic carboxylic acids is 1. The Labute approximate surface area is 139 Å². The van der Waals surface area contributed by atoms with Crippen molar-refractivity contribution in [2.75, 3.05) is 7.11 Å². The summed E-state index contributed by atoms with van der Waals surface area (Å²) >= 11 is 1.42. The van der Waals surface area contributed by atoms with Crippen LogP contribution in [0.2, 0.25) is 0 Å². The van der Waals surface area contributed by atoms with Crippen molar-refractivity contribution in [1.29, 1.82) is 0 Å². The lowest BCUT2D eigenvalue weighted by atomic mass is 10.2. The van der Waals surface area contributed by atoms with Gasteiger partial charge in [-0.15, -0.1) is 11.3 Å². The average molecular weight is 333 g/mol. The molecular weight excluding hydrogens is 314 g/mol. The van der Waals surface area contributed by atoms with Crippen LogP contribution in [-0.4, -0.2) is 29.3 Å². The van der Waals surface area contributed by atoms with Crippen molar-refractivity contribution in [2.45, 2.75) is 26.4 Å². The maximum atomic E-state index is 10.7. The molecule has 0 saturated heterocycles. The second-order valence-electron chi connectivity index (χ2n) is 5.16. The molecule has 122 valence electrons. The van der Waals surface area contributed by atoms with Gasteiger partial charge in [0.2, 0.25) is 0 Å². The van der Waals surface area contributed by atoms with Crippen molar-refractivity contribution in [3.63, 3.8) is 0 Å². The fraction of sp³-hybridized carbons (Fsp3) is 0.294. The first-order valence-corrected chi connectivity index (χ1v) is 8.05. The molecule has 1 aromatic carbocycles. The van der Waals surface area contributed by atoms with Crippen LogP contribution in [0.25, 0.3) is 12.2 Å². The summed E-state index contributed by atoms with van der Waals surface area (Å²) in [6, 6.07) is 5.69. The highest BCUT2D eigenvalue weighted by molar-refractivity contribution is 7.10. The summed E-state index contributed by atoms with van der Waals surface area (Å²) < 4.78 is 11.0. The minimum absolute atomic E-state index is 0.0561. The van der Waals surface area contributed by atoms with E-state index in [9.17, 15) is 4.79 Å². The molecular formula is C17H19NO4S. The van der Waals surface area contributed by atoms with Crippen LogP contribution >= 0.6 is 11.3 Å². The molecule has 0 radical (unpaired) electrons. The largest absolute Gasteiger partial charge is 0.493 e. The van der Waals surface area contributed by atoms with Crippen molar-refractivity contribution in [3.05, 3.63) is 39.8 Å². The van der Waals surface area contributed by atoms with Gasteiger partial charge in [0.15, 0.2) is 11.5 Å². The highest BCUT2D eigenvalue weighted by Crippen LogP contribution is 2.29. The fourth-order valence-electron chi connectivity index (χ4n) is 1.94. The lowest BCUT2D eigenvalue weighted by molar-refractivity contribution is -0.136. The first-order valence-electron chi connectivity index (χ1n) is 7.17. The molecule has 0 atom stereocenters. The SMILES string of the molecule is COc1cc(/C=C/c2nc(CC(=O)O)cs2)ccc1OC(C)C. The highest BCUT2D eigenvalue weighted by Gasteiger charge is 2.07. The summed E-state index contributed by atoms with van der Waals surface area (Å²) in [6.45, 7) is 3.93. The van der Waals surface area contributed by atoms with Crippen molar-refractivity contribution in [2.24, 2.45) is 0 Å². The maximum Gasteiger partial charge on any atom is 0.309 e. The molecule has 0 amide bonds. The van der Waals surface area contributed by atoms with Gasteiger partial charge in [0.1, 0.15) is 5.01 Å². The number of aromatic nitrogens is 1. The molecule has 0 bridgehead atoms. The summed E-state index contributed by atoms with van der Waals surface area (Å²) in [7, 11) is 1.61. The van der Waals surface area contributed by atoms with Crippen LogP contribution in [0.1, 0.15) is 30.1 Å². The Kier molecular flexibility index (Phi) is 5.76. The second kappa shape index (κ2) is 7.78. The van der Waals surface area contributed by atoms with Gasteiger partial charge in [0.25, 0.3) is 0 Å². The van der Waals surface area contributed by atoms with Gasteiger partial charge in [-0.3, -0.25) is 4.79 Å². The number of carboxylic acid groups (broad SMARTS) is 1. The van der Waals surface area contributed by atoms with Gasteiger partial charge in [-0.1, -0.05) is 12.1 Å². The average Bonchev–Trinajstić information content (AvgIpc) is 2.92. The summed E-state index contributed by atoms with van der Waals surface area (Å²) in [5.41, 5.74) is 1.52. The molecule has 0 aliphatic heterocycles. The molecule has 2 aromatic rings. The van der Waals surface area contributed by atoms with E-state index in [0.29, 0.717) is 17.2 Å². The number of nitrogens with zero attached hydrogens (tertiary/aromatic N) is 1. The topological polar surface area (TPSA) is 68.7 Å². The summed E-state index contributed by atoms with van der Waals surface area (Å²) in [6.07, 6.45) is 3.78. The predicted molar refractivity (Wildman–Crippen MR) is 91.1 cm³/mol. The number of ether oxygens (including phenoxy) is 2. The van der Waals surface area contributed by atoms with Gasteiger partial charge >= 0.3 is 5.97 Å². The molecule has 0 spiro atoms. The zero-order chi connectivity index (χ0) is 16.8. The fourth-order valence-corrected chi connectivity index (χ4v) is 2.65. The van der Waals surface area contributed by atoms with Crippen LogP contribution in [0.3, 0.4) is 0 Å². The number of carboxylic acids is 1. The number of thiazole rings is 1. The number of rotatable bonds is 7. The highest BCUT2D eigenvalue weighted by atomic mass is 32.1. The molecule has 0 aliphatic rings. The Bertz CT molecular complexity index is 706. The molecule has 23 heavy (non-hydrogen) atoms. The van der Waals surface area contributed by atoms with Crippen molar-refractivity contribution in [3.8, 4) is 11.5 Å². The molecule has 6 heteroatoms. The standard InChI is InChI=1S/C17H19NO4S/c1-11(2)22-14-6-4-12(8-15(14)21-3)5-7-16-18-13(10-23-16)9-17(19)20/h4-8,10-11H,9H2,1-3H3,(H,19,20)/b7-5+. The van der Waals surface area contributed by atoms with E-state index in [1.54, 1.807) is 12.5 Å². The molecule has 1 heterocycles. The van der Waals surface area contributed by atoms with Crippen LogP contribution in [0.4, 0.5) is 0 Å². The third-order valence-electron chi connectivity index (χ3n) is 2.87. The van der Waals surface area contributed by atoms with Crippen LogP contribution in [0, 0.1) is 0 Å². The third kappa shape index (κ3) is 5.10. The van der Waals surface area contributed by atoms with E-state index in [0.717, 1.165) is 10.6 Å². The number of hydrogen-bond acceptors (Lipinski definition) is 5. The van der Waals surface area contributed by atoms with Crippen molar-refractivity contribution < 1.29 is 19.4 Å². The molecule has 0 unspecified atom stereocenters. The maximum absolute atomic E-state index is 10.7. The van der Waals surface area contributed by atoms with Gasteiger partial charge in [-0.05, 0) is 37.6 Å². The van der Waals surface area contributed by atoms with Gasteiger partial charge < -0.3 is 14.6 Å². The second-order valence-corrected chi connectivity index (χ2v) is 6.05. The van der Waals surface area contributed by atoms with Gasteiger partial charge in [-0.25, -0.2) is 4.98 Å². The van der Waals surface area contributed by atoms with Crippen LogP contribution in [0.5, 0.6) is 11.5 Å². The lowest BCUT2D eigenvalue weighted by Gasteiger charge is -2.13.